The van der Waals surface area contributed by atoms with E-state index in [2.05, 4.69) is 133 Å². The molecule has 4 atom stereocenters. The maximum atomic E-state index is 14.4. The minimum absolute atomic E-state index is 0.0815. The number of alkyl halides is 3. The zero-order valence-electron chi connectivity index (χ0n) is 40.7. The van der Waals surface area contributed by atoms with Gasteiger partial charge in [-0.15, -0.1) is 0 Å². The summed E-state index contributed by atoms with van der Waals surface area (Å²) in [6.07, 6.45) is -1.75. The number of aromatic nitrogens is 4. The van der Waals surface area contributed by atoms with Crippen molar-refractivity contribution in [1.29, 1.82) is 0 Å². The lowest BCUT2D eigenvalue weighted by atomic mass is 10.1. The number of anilines is 1. The monoisotopic (exact) mass is 1030 g/mol. The van der Waals surface area contributed by atoms with E-state index in [0.29, 0.717) is 22.3 Å². The summed E-state index contributed by atoms with van der Waals surface area (Å²) < 4.78 is 33.5. The van der Waals surface area contributed by atoms with Gasteiger partial charge < -0.3 is 28.1 Å². The van der Waals surface area contributed by atoms with Crippen molar-refractivity contribution in [2.75, 3.05) is 11.9 Å². The molecule has 2 amide bonds. The zero-order chi connectivity index (χ0) is 49.4. The number of halogens is 3. The van der Waals surface area contributed by atoms with E-state index in [1.807, 2.05) is 54.6 Å². The zero-order valence-corrected chi connectivity index (χ0v) is 46.0. The van der Waals surface area contributed by atoms with Crippen molar-refractivity contribution in [3.63, 3.8) is 0 Å². The summed E-state index contributed by atoms with van der Waals surface area (Å²) in [5.74, 6) is -0.215. The molecule has 0 radical (unpaired) electrons. The van der Waals surface area contributed by atoms with Crippen LogP contribution in [0.2, 0.25) is 41.3 Å². The number of rotatable bonds is 14. The highest BCUT2D eigenvalue weighted by Crippen LogP contribution is 2.45. The Kier molecular flexibility index (Phi) is 15.7. The van der Waals surface area contributed by atoms with Crippen molar-refractivity contribution in [2.24, 2.45) is 0 Å². The number of imidazole rings is 1. The summed E-state index contributed by atoms with van der Waals surface area (Å²) in [5.41, 5.74) is 1.78. The Hall–Kier alpha value is -3.69. The minimum atomic E-state index is -2.93. The number of nitrogens with one attached hydrogen (secondary N) is 2. The Labute approximate surface area is 413 Å². The van der Waals surface area contributed by atoms with Crippen LogP contribution in [0.25, 0.3) is 11.2 Å². The third-order valence-corrected chi connectivity index (χ3v) is 27.7. The van der Waals surface area contributed by atoms with Crippen LogP contribution in [0.5, 0.6) is 0 Å². The lowest BCUT2D eigenvalue weighted by Crippen LogP contribution is -2.66. The molecule has 0 aliphatic carbocycles. The van der Waals surface area contributed by atoms with Crippen LogP contribution < -0.4 is 21.0 Å². The van der Waals surface area contributed by atoms with Crippen LogP contribution in [-0.4, -0.2) is 85.3 Å². The highest BCUT2D eigenvalue weighted by atomic mass is 35.6. The van der Waals surface area contributed by atoms with Crippen LogP contribution in [0.4, 0.5) is 10.6 Å². The fraction of sp³-hybridized carbons (Fsp3) is 0.479. The van der Waals surface area contributed by atoms with Gasteiger partial charge in [0.15, 0.2) is 45.9 Å². The standard InChI is InChI=1S/C48H65Cl3N6O7Si3/c1-45(2,3)65(10,11)60-29-36-38(63-44(59)56-48(49,50)51)39(64-66(12,13)46(4,5)6)43(62-36)57-31-54-37-40(52-30-53-41(37)57)55-42(58)35-27-21-20-22-32(35)28-61-67(47(7,8)9,33-23-16-14-17-24-33)34-25-18-15-19-26-34/h14-27,30-31,36,38-39,43H,28-29H2,1-13H3,(H,56,59)(H,52,53,55,58)/t36-,38-,39-,43-/m1/s1. The van der Waals surface area contributed by atoms with Crippen LogP contribution in [0.15, 0.2) is 97.6 Å². The number of hydrogen-bond donors (Lipinski definition) is 2. The third kappa shape index (κ3) is 11.7. The number of alkyl carbamates (subject to hydrolysis) is 1. The molecule has 1 aliphatic heterocycles. The molecule has 3 heterocycles. The molecule has 1 saturated heterocycles. The number of amides is 2. The molecule has 3 aromatic carbocycles. The summed E-state index contributed by atoms with van der Waals surface area (Å²) in [6, 6.07) is 28.2. The molecule has 2 N–H and O–H groups in total. The van der Waals surface area contributed by atoms with Crippen LogP contribution in [0, 0.1) is 0 Å². The number of nitrogens with zero attached hydrogens (tertiary/aromatic N) is 4. The Balaban J connectivity index is 1.35. The average molecular weight is 1030 g/mol. The first-order valence-corrected chi connectivity index (χ1v) is 31.3. The van der Waals surface area contributed by atoms with Crippen LogP contribution in [-0.2, 0) is 29.4 Å². The van der Waals surface area contributed by atoms with Crippen molar-refractivity contribution in [1.82, 2.24) is 24.8 Å². The van der Waals surface area contributed by atoms with Gasteiger partial charge in [0.25, 0.3) is 18.1 Å². The number of carbonyl (C=O) groups excluding carboxylic acids is 2. The lowest BCUT2D eigenvalue weighted by Gasteiger charge is -2.43. The molecule has 362 valence electrons. The SMILES string of the molecule is CC(C)(C)[Si](C)(C)OC[C@H]1O[C@@H](n2cnc3c(NC(=O)c4ccccc4CO[Si](c4ccccc4)(c4ccccc4)C(C)(C)C)ncnc32)[C@H](O[Si](C)(C)C(C)(C)C)[C@@H]1OC(=O)NC(Cl)(Cl)Cl. The fourth-order valence-corrected chi connectivity index (χ4v) is 14.8. The second kappa shape index (κ2) is 20.0. The van der Waals surface area contributed by atoms with Gasteiger partial charge in [0, 0.05) is 5.56 Å². The van der Waals surface area contributed by atoms with E-state index in [1.54, 1.807) is 17.0 Å². The molecule has 1 aliphatic rings. The van der Waals surface area contributed by atoms with Gasteiger partial charge in [-0.25, -0.2) is 19.7 Å². The van der Waals surface area contributed by atoms with E-state index in [1.165, 1.54) is 6.33 Å². The summed E-state index contributed by atoms with van der Waals surface area (Å²) in [6.45, 7) is 28.1. The van der Waals surface area contributed by atoms with Gasteiger partial charge in [0.1, 0.15) is 18.5 Å². The quantitative estimate of drug-likeness (QED) is 0.0626. The van der Waals surface area contributed by atoms with Crippen LogP contribution in [0.3, 0.4) is 0 Å². The first-order valence-electron chi connectivity index (χ1n) is 22.4. The molecular weight excluding hydrogens is 963 g/mol. The molecule has 19 heteroatoms. The molecule has 0 spiro atoms. The molecular formula is C48H65Cl3N6O7Si3. The van der Waals surface area contributed by atoms with Gasteiger partial charge in [-0.3, -0.25) is 14.7 Å². The van der Waals surface area contributed by atoms with Crippen molar-refractivity contribution < 1.29 is 32.3 Å². The second-order valence-electron chi connectivity index (χ2n) is 21.1. The number of fused-ring (bicyclic) bond motifs is 1. The Morgan fingerprint density at radius 3 is 1.84 bits per heavy atom. The summed E-state index contributed by atoms with van der Waals surface area (Å²) >= 11 is 17.9. The molecule has 2 aromatic heterocycles. The summed E-state index contributed by atoms with van der Waals surface area (Å²) in [5, 5.41) is 6.89. The number of ether oxygens (including phenoxy) is 2. The first-order chi connectivity index (χ1) is 31.1. The van der Waals surface area contributed by atoms with Gasteiger partial charge in [0.05, 0.1) is 19.5 Å². The molecule has 6 rings (SSSR count). The summed E-state index contributed by atoms with van der Waals surface area (Å²) in [7, 11) is -7.90. The van der Waals surface area contributed by atoms with E-state index < -0.39 is 65.4 Å². The Morgan fingerprint density at radius 2 is 1.28 bits per heavy atom. The van der Waals surface area contributed by atoms with E-state index >= 15 is 0 Å². The number of benzene rings is 3. The van der Waals surface area contributed by atoms with Crippen molar-refractivity contribution >= 4 is 99.1 Å². The molecule has 5 aromatic rings. The topological polar surface area (TPSA) is 148 Å². The smallest absolute Gasteiger partial charge is 0.410 e. The Morgan fingerprint density at radius 1 is 0.716 bits per heavy atom. The average Bonchev–Trinajstić information content (AvgIpc) is 3.80. The second-order valence-corrected chi connectivity index (χ2v) is 37.2. The predicted octanol–water partition coefficient (Wildman–Crippen LogP) is 10.9. The van der Waals surface area contributed by atoms with E-state index in [9.17, 15) is 9.59 Å². The first kappa shape index (κ1) is 52.7. The lowest BCUT2D eigenvalue weighted by molar-refractivity contribution is -0.0483. The molecule has 13 nitrogen and oxygen atoms in total. The van der Waals surface area contributed by atoms with Gasteiger partial charge in [-0.05, 0) is 63.3 Å². The number of hydrogen-bond acceptors (Lipinski definition) is 10. The fourth-order valence-electron chi connectivity index (χ4n) is 7.75. The van der Waals surface area contributed by atoms with Gasteiger partial charge >= 0.3 is 6.09 Å². The molecule has 0 bridgehead atoms. The van der Waals surface area contributed by atoms with Crippen LogP contribution in [0.1, 0.15) is 84.5 Å². The highest BCUT2D eigenvalue weighted by Gasteiger charge is 2.55. The van der Waals surface area contributed by atoms with Crippen LogP contribution >= 0.6 is 34.8 Å². The van der Waals surface area contributed by atoms with E-state index in [0.717, 1.165) is 10.4 Å². The molecule has 1 fully saturated rings. The maximum absolute atomic E-state index is 14.4. The largest absolute Gasteiger partial charge is 0.440 e. The minimum Gasteiger partial charge on any atom is -0.440 e. The molecule has 0 unspecified atom stereocenters. The predicted molar refractivity (Wildman–Crippen MR) is 275 cm³/mol. The number of carbonyl (C=O) groups is 2. The van der Waals surface area contributed by atoms with Crippen molar-refractivity contribution in [3.8, 4) is 0 Å². The third-order valence-electron chi connectivity index (χ3n) is 13.4. The van der Waals surface area contributed by atoms with Gasteiger partial charge in [-0.2, -0.15) is 0 Å². The summed E-state index contributed by atoms with van der Waals surface area (Å²) in [4.78, 5) is 41.7. The van der Waals surface area contributed by atoms with E-state index in [4.69, 9.17) is 62.5 Å². The van der Waals surface area contributed by atoms with Crippen molar-refractivity contribution in [2.45, 2.75) is 139 Å². The van der Waals surface area contributed by atoms with E-state index in [-0.39, 0.29) is 34.1 Å². The Bertz CT molecular complexity index is 2470. The van der Waals surface area contributed by atoms with Gasteiger partial charge in [0.2, 0.25) is 0 Å². The maximum Gasteiger partial charge on any atom is 0.410 e. The normalized spacial score (nSPS) is 18.8. The van der Waals surface area contributed by atoms with Gasteiger partial charge in [-0.1, -0.05) is 176 Å². The molecule has 67 heavy (non-hydrogen) atoms. The highest BCUT2D eigenvalue weighted by molar-refractivity contribution is 6.99. The van der Waals surface area contributed by atoms with Crippen molar-refractivity contribution in [3.05, 3.63) is 109 Å². The molecule has 0 saturated carbocycles.